The Labute approximate surface area is 128 Å². The molecule has 0 N–H and O–H groups in total. The van der Waals surface area contributed by atoms with Gasteiger partial charge in [0.2, 0.25) is 5.28 Å². The first kappa shape index (κ1) is 15.3. The Morgan fingerprint density at radius 3 is 2.38 bits per heavy atom. The molecule has 6 nitrogen and oxygen atoms in total. The first-order chi connectivity index (χ1) is 10.2. The van der Waals surface area contributed by atoms with Crippen molar-refractivity contribution in [1.29, 1.82) is 0 Å². The van der Waals surface area contributed by atoms with Crippen molar-refractivity contribution < 1.29 is 14.2 Å². The smallest absolute Gasteiger partial charge is 0.329 e. The zero-order chi connectivity index (χ0) is 15.1. The number of ether oxygens (including phenoxy) is 3. The molecule has 0 aliphatic rings. The predicted molar refractivity (Wildman–Crippen MR) is 78.3 cm³/mol. The van der Waals surface area contributed by atoms with E-state index in [0.717, 1.165) is 6.42 Å². The number of rotatable bonds is 7. The maximum absolute atomic E-state index is 5.84. The summed E-state index contributed by atoms with van der Waals surface area (Å²) in [6.45, 7) is 4.91. The van der Waals surface area contributed by atoms with Gasteiger partial charge in [0.1, 0.15) is 0 Å². The average Bonchev–Trinajstić information content (AvgIpc) is 2.47. The van der Waals surface area contributed by atoms with Crippen molar-refractivity contribution in [3.63, 3.8) is 0 Å². The van der Waals surface area contributed by atoms with E-state index < -0.39 is 0 Å². The average molecular weight is 310 g/mol. The molecule has 0 unspecified atom stereocenters. The molecule has 0 bridgehead atoms. The fourth-order valence-electron chi connectivity index (χ4n) is 1.53. The van der Waals surface area contributed by atoms with Crippen LogP contribution in [0.25, 0.3) is 0 Å². The molecule has 0 radical (unpaired) electrons. The van der Waals surface area contributed by atoms with E-state index in [0.29, 0.717) is 24.7 Å². The molecule has 0 saturated carbocycles. The third kappa shape index (κ3) is 4.46. The summed E-state index contributed by atoms with van der Waals surface area (Å²) in [5, 5.41) is 0.0139. The van der Waals surface area contributed by atoms with Crippen LogP contribution in [0, 0.1) is 0 Å². The van der Waals surface area contributed by atoms with Gasteiger partial charge in [-0.25, -0.2) is 0 Å². The number of nitrogens with zero attached hydrogens (tertiary/aromatic N) is 3. The van der Waals surface area contributed by atoms with Gasteiger partial charge in [-0.05, 0) is 37.1 Å². The Kier molecular flexibility index (Phi) is 5.57. The molecular weight excluding hydrogens is 294 g/mol. The lowest BCUT2D eigenvalue weighted by molar-refractivity contribution is 0.281. The van der Waals surface area contributed by atoms with Crippen LogP contribution >= 0.6 is 11.6 Å². The highest BCUT2D eigenvalue weighted by molar-refractivity contribution is 6.28. The zero-order valence-corrected chi connectivity index (χ0v) is 12.6. The fourth-order valence-corrected chi connectivity index (χ4v) is 1.67. The molecule has 1 aromatic heterocycles. The number of benzene rings is 1. The Balaban J connectivity index is 2.21. The lowest BCUT2D eigenvalue weighted by Gasteiger charge is -2.10. The summed E-state index contributed by atoms with van der Waals surface area (Å²) in [4.78, 5) is 11.9. The van der Waals surface area contributed by atoms with Crippen molar-refractivity contribution in [3.8, 4) is 23.5 Å². The summed E-state index contributed by atoms with van der Waals surface area (Å²) in [5.74, 6) is 1.11. The van der Waals surface area contributed by atoms with Gasteiger partial charge in [0.15, 0.2) is 11.5 Å². The molecular formula is C14H16ClN3O3. The predicted octanol–water partition coefficient (Wildman–Crippen LogP) is 3.50. The second-order valence-corrected chi connectivity index (χ2v) is 4.34. The zero-order valence-electron chi connectivity index (χ0n) is 11.9. The summed E-state index contributed by atoms with van der Waals surface area (Å²) >= 11 is 5.84. The van der Waals surface area contributed by atoms with Crippen LogP contribution < -0.4 is 14.2 Å². The highest BCUT2D eigenvalue weighted by Crippen LogP contribution is 2.30. The van der Waals surface area contributed by atoms with Crippen LogP contribution in [0.4, 0.5) is 0 Å². The molecule has 2 rings (SSSR count). The molecule has 1 aromatic carbocycles. The van der Waals surface area contributed by atoms with E-state index in [1.54, 1.807) is 12.1 Å². The molecule has 0 atom stereocenters. The minimum absolute atomic E-state index is 0.0139. The van der Waals surface area contributed by atoms with Crippen molar-refractivity contribution in [2.75, 3.05) is 13.2 Å². The van der Waals surface area contributed by atoms with Crippen molar-refractivity contribution in [2.45, 2.75) is 20.3 Å². The van der Waals surface area contributed by atoms with Gasteiger partial charge in [0.25, 0.3) is 0 Å². The topological polar surface area (TPSA) is 66.4 Å². The largest absolute Gasteiger partial charge is 0.490 e. The molecule has 0 saturated heterocycles. The molecule has 0 fully saturated rings. The summed E-state index contributed by atoms with van der Waals surface area (Å²) in [6, 6.07) is 7.45. The molecule has 0 spiro atoms. The van der Waals surface area contributed by atoms with E-state index in [1.165, 1.54) is 0 Å². The lowest BCUT2D eigenvalue weighted by Crippen LogP contribution is -2.03. The van der Waals surface area contributed by atoms with Crippen LogP contribution in [0.15, 0.2) is 24.3 Å². The lowest BCUT2D eigenvalue weighted by atomic mass is 10.3. The van der Waals surface area contributed by atoms with Crippen LogP contribution in [-0.2, 0) is 0 Å². The summed E-state index contributed by atoms with van der Waals surface area (Å²) in [6.07, 6.45) is 0.840. The Hall–Kier alpha value is -2.08. The minimum Gasteiger partial charge on any atom is -0.490 e. The first-order valence-electron chi connectivity index (χ1n) is 6.67. The SMILES string of the molecule is CCCOc1nc(Cl)nc(Oc2ccccc2OCC)n1. The van der Waals surface area contributed by atoms with Crippen LogP contribution in [0.2, 0.25) is 5.28 Å². The molecule has 0 aliphatic carbocycles. The van der Waals surface area contributed by atoms with Crippen LogP contribution in [0.3, 0.4) is 0 Å². The Morgan fingerprint density at radius 2 is 1.67 bits per heavy atom. The molecule has 0 amide bonds. The van der Waals surface area contributed by atoms with Gasteiger partial charge in [-0.1, -0.05) is 19.1 Å². The Morgan fingerprint density at radius 1 is 0.952 bits per heavy atom. The minimum atomic E-state index is 0.0139. The van der Waals surface area contributed by atoms with Gasteiger partial charge in [-0.3, -0.25) is 0 Å². The third-order valence-electron chi connectivity index (χ3n) is 2.35. The van der Waals surface area contributed by atoms with Crippen molar-refractivity contribution in [3.05, 3.63) is 29.5 Å². The van der Waals surface area contributed by atoms with Crippen LogP contribution in [0.1, 0.15) is 20.3 Å². The molecule has 21 heavy (non-hydrogen) atoms. The van der Waals surface area contributed by atoms with Gasteiger partial charge in [-0.15, -0.1) is 4.98 Å². The fraction of sp³-hybridized carbons (Fsp3) is 0.357. The first-order valence-corrected chi connectivity index (χ1v) is 7.04. The molecule has 7 heteroatoms. The highest BCUT2D eigenvalue weighted by atomic mass is 35.5. The van der Waals surface area contributed by atoms with E-state index in [4.69, 9.17) is 25.8 Å². The number of para-hydroxylation sites is 2. The van der Waals surface area contributed by atoms with Crippen LogP contribution in [0.5, 0.6) is 23.5 Å². The van der Waals surface area contributed by atoms with Gasteiger partial charge in [0, 0.05) is 0 Å². The van der Waals surface area contributed by atoms with Crippen molar-refractivity contribution in [1.82, 2.24) is 15.0 Å². The summed E-state index contributed by atoms with van der Waals surface area (Å²) in [5.41, 5.74) is 0. The molecule has 1 heterocycles. The van der Waals surface area contributed by atoms with Gasteiger partial charge >= 0.3 is 12.0 Å². The second kappa shape index (κ2) is 7.64. The van der Waals surface area contributed by atoms with Gasteiger partial charge < -0.3 is 14.2 Å². The molecule has 0 aliphatic heterocycles. The number of hydrogen-bond donors (Lipinski definition) is 0. The highest BCUT2D eigenvalue weighted by Gasteiger charge is 2.11. The number of hydrogen-bond acceptors (Lipinski definition) is 6. The maximum atomic E-state index is 5.84. The van der Waals surface area contributed by atoms with Crippen molar-refractivity contribution >= 4 is 11.6 Å². The summed E-state index contributed by atoms with van der Waals surface area (Å²) < 4.78 is 16.4. The van der Waals surface area contributed by atoms with E-state index in [9.17, 15) is 0 Å². The van der Waals surface area contributed by atoms with E-state index in [2.05, 4.69) is 15.0 Å². The van der Waals surface area contributed by atoms with E-state index in [1.807, 2.05) is 26.0 Å². The van der Waals surface area contributed by atoms with Crippen LogP contribution in [-0.4, -0.2) is 28.2 Å². The molecule has 2 aromatic rings. The van der Waals surface area contributed by atoms with Gasteiger partial charge in [0.05, 0.1) is 13.2 Å². The quantitative estimate of drug-likeness (QED) is 0.779. The molecule has 112 valence electrons. The number of halogens is 1. The Bertz CT molecular complexity index is 595. The normalized spacial score (nSPS) is 10.2. The third-order valence-corrected chi connectivity index (χ3v) is 2.52. The van der Waals surface area contributed by atoms with Gasteiger partial charge in [-0.2, -0.15) is 9.97 Å². The summed E-state index contributed by atoms with van der Waals surface area (Å²) in [7, 11) is 0. The monoisotopic (exact) mass is 309 g/mol. The number of aromatic nitrogens is 3. The maximum Gasteiger partial charge on any atom is 0.329 e. The van der Waals surface area contributed by atoms with E-state index >= 15 is 0 Å². The second-order valence-electron chi connectivity index (χ2n) is 4.00. The van der Waals surface area contributed by atoms with Crippen molar-refractivity contribution in [2.24, 2.45) is 0 Å². The standard InChI is InChI=1S/C14H16ClN3O3/c1-3-9-20-13-16-12(15)17-14(18-13)21-11-8-6-5-7-10(11)19-4-2/h5-8H,3-4,9H2,1-2H3. The van der Waals surface area contributed by atoms with E-state index in [-0.39, 0.29) is 17.3 Å².